The zero-order valence-electron chi connectivity index (χ0n) is 14.4. The van der Waals surface area contributed by atoms with Crippen molar-refractivity contribution >= 4 is 21.8 Å². The van der Waals surface area contributed by atoms with Gasteiger partial charge < -0.3 is 4.42 Å². The van der Waals surface area contributed by atoms with Gasteiger partial charge in [0.1, 0.15) is 17.6 Å². The highest BCUT2D eigenvalue weighted by molar-refractivity contribution is 7.89. The first-order chi connectivity index (χ1) is 12.8. The second-order valence-electron chi connectivity index (χ2n) is 6.06. The molecule has 8 nitrogen and oxygen atoms in total. The number of hydrogen-bond acceptors (Lipinski definition) is 5. The van der Waals surface area contributed by atoms with Gasteiger partial charge in [-0.2, -0.15) is 4.31 Å². The first-order valence-corrected chi connectivity index (χ1v) is 9.66. The van der Waals surface area contributed by atoms with Gasteiger partial charge in [-0.3, -0.25) is 20.4 Å². The SMILES string of the molecule is Cc1occc1C(=O)NNC(=O)C1CCCN1S(=O)(=O)c1ccc(F)cc1. The van der Waals surface area contributed by atoms with Crippen LogP contribution in [0.15, 0.2) is 45.9 Å². The van der Waals surface area contributed by atoms with Crippen molar-refractivity contribution in [2.24, 2.45) is 0 Å². The maximum Gasteiger partial charge on any atom is 0.273 e. The Labute approximate surface area is 155 Å². The predicted molar refractivity (Wildman–Crippen MR) is 92.4 cm³/mol. The van der Waals surface area contributed by atoms with Gasteiger partial charge in [-0.1, -0.05) is 0 Å². The number of hydrazine groups is 1. The lowest BCUT2D eigenvalue weighted by Gasteiger charge is -2.23. The Morgan fingerprint density at radius 3 is 2.52 bits per heavy atom. The number of furan rings is 1. The molecular weight excluding hydrogens is 377 g/mol. The van der Waals surface area contributed by atoms with Crippen molar-refractivity contribution in [3.8, 4) is 0 Å². The Bertz CT molecular complexity index is 955. The quantitative estimate of drug-likeness (QED) is 0.760. The Morgan fingerprint density at radius 1 is 1.19 bits per heavy atom. The van der Waals surface area contributed by atoms with E-state index >= 15 is 0 Å². The van der Waals surface area contributed by atoms with Crippen molar-refractivity contribution in [3.05, 3.63) is 53.7 Å². The second-order valence-corrected chi connectivity index (χ2v) is 7.95. The number of halogens is 1. The molecule has 0 spiro atoms. The Kier molecular flexibility index (Phi) is 5.29. The van der Waals surface area contributed by atoms with Gasteiger partial charge in [0.05, 0.1) is 16.7 Å². The topological polar surface area (TPSA) is 109 Å². The minimum atomic E-state index is -3.96. The van der Waals surface area contributed by atoms with E-state index in [1.165, 1.54) is 12.3 Å². The van der Waals surface area contributed by atoms with Crippen molar-refractivity contribution in [1.29, 1.82) is 0 Å². The molecule has 1 aliphatic rings. The Hall–Kier alpha value is -2.72. The number of aryl methyl sites for hydroxylation is 1. The van der Waals surface area contributed by atoms with Crippen LogP contribution < -0.4 is 10.9 Å². The minimum Gasteiger partial charge on any atom is -0.469 e. The van der Waals surface area contributed by atoms with Crippen LogP contribution in [0.5, 0.6) is 0 Å². The van der Waals surface area contributed by atoms with Gasteiger partial charge in [0.15, 0.2) is 0 Å². The largest absolute Gasteiger partial charge is 0.469 e. The summed E-state index contributed by atoms with van der Waals surface area (Å²) >= 11 is 0. The molecule has 27 heavy (non-hydrogen) atoms. The molecule has 0 saturated carbocycles. The molecule has 1 aliphatic heterocycles. The van der Waals surface area contributed by atoms with E-state index in [1.807, 2.05) is 0 Å². The third-order valence-electron chi connectivity index (χ3n) is 4.33. The molecule has 144 valence electrons. The maximum absolute atomic E-state index is 13.1. The number of carbonyl (C=O) groups excluding carboxylic acids is 2. The van der Waals surface area contributed by atoms with Crippen molar-refractivity contribution in [2.45, 2.75) is 30.7 Å². The van der Waals surface area contributed by atoms with E-state index in [2.05, 4.69) is 10.9 Å². The summed E-state index contributed by atoms with van der Waals surface area (Å²) in [6.07, 6.45) is 2.15. The van der Waals surface area contributed by atoms with Crippen LogP contribution in [0.1, 0.15) is 29.0 Å². The van der Waals surface area contributed by atoms with E-state index in [-0.39, 0.29) is 17.0 Å². The van der Waals surface area contributed by atoms with Crippen molar-refractivity contribution in [1.82, 2.24) is 15.2 Å². The van der Waals surface area contributed by atoms with Crippen LogP contribution in [0.4, 0.5) is 4.39 Å². The zero-order chi connectivity index (χ0) is 19.6. The summed E-state index contributed by atoms with van der Waals surface area (Å²) in [7, 11) is -3.96. The van der Waals surface area contributed by atoms with E-state index in [9.17, 15) is 22.4 Å². The summed E-state index contributed by atoms with van der Waals surface area (Å²) in [5, 5.41) is 0. The van der Waals surface area contributed by atoms with Crippen molar-refractivity contribution < 1.29 is 26.8 Å². The zero-order valence-corrected chi connectivity index (χ0v) is 15.3. The highest BCUT2D eigenvalue weighted by Crippen LogP contribution is 2.26. The molecule has 10 heteroatoms. The average Bonchev–Trinajstić information content (AvgIpc) is 3.29. The molecule has 3 rings (SSSR count). The van der Waals surface area contributed by atoms with Gasteiger partial charge in [-0.05, 0) is 50.1 Å². The van der Waals surface area contributed by atoms with Gasteiger partial charge in [-0.25, -0.2) is 12.8 Å². The second kappa shape index (κ2) is 7.49. The molecular formula is C17H18FN3O5S. The molecule has 1 aromatic heterocycles. The van der Waals surface area contributed by atoms with E-state index < -0.39 is 33.7 Å². The van der Waals surface area contributed by atoms with Crippen molar-refractivity contribution in [3.63, 3.8) is 0 Å². The van der Waals surface area contributed by atoms with Crippen LogP contribution in [0, 0.1) is 12.7 Å². The first kappa shape index (κ1) is 19.1. The molecule has 0 aliphatic carbocycles. The fourth-order valence-electron chi connectivity index (χ4n) is 2.92. The standard InChI is InChI=1S/C17H18FN3O5S/c1-11-14(8-10-26-11)16(22)19-20-17(23)15-3-2-9-21(15)27(24,25)13-6-4-12(18)5-7-13/h4-8,10,15H,2-3,9H2,1H3,(H,19,22)(H,20,23). The number of nitrogens with one attached hydrogen (secondary N) is 2. The van der Waals surface area contributed by atoms with Gasteiger partial charge in [-0.15, -0.1) is 0 Å². The molecule has 2 aromatic rings. The summed E-state index contributed by atoms with van der Waals surface area (Å²) in [4.78, 5) is 24.4. The number of nitrogens with zero attached hydrogens (tertiary/aromatic N) is 1. The summed E-state index contributed by atoms with van der Waals surface area (Å²) in [5.74, 6) is -1.38. The number of hydrogen-bond donors (Lipinski definition) is 2. The Balaban J connectivity index is 1.70. The molecule has 1 saturated heterocycles. The lowest BCUT2D eigenvalue weighted by molar-refractivity contribution is -0.125. The molecule has 2 heterocycles. The van der Waals surface area contributed by atoms with E-state index in [0.717, 1.165) is 28.6 Å². The van der Waals surface area contributed by atoms with E-state index in [0.29, 0.717) is 18.6 Å². The van der Waals surface area contributed by atoms with Gasteiger partial charge in [0.2, 0.25) is 10.0 Å². The summed E-state index contributed by atoms with van der Waals surface area (Å²) < 4.78 is 44.7. The molecule has 1 aromatic carbocycles. The third-order valence-corrected chi connectivity index (χ3v) is 6.25. The number of benzene rings is 1. The lowest BCUT2D eigenvalue weighted by atomic mass is 10.2. The maximum atomic E-state index is 13.1. The van der Waals surface area contributed by atoms with Crippen LogP contribution in [0.3, 0.4) is 0 Å². The Morgan fingerprint density at radius 2 is 1.89 bits per heavy atom. The van der Waals surface area contributed by atoms with Gasteiger partial charge in [0, 0.05) is 6.54 Å². The molecule has 2 amide bonds. The molecule has 1 unspecified atom stereocenters. The predicted octanol–water partition coefficient (Wildman–Crippen LogP) is 1.34. The number of amides is 2. The third kappa shape index (κ3) is 3.86. The number of carbonyl (C=O) groups is 2. The van der Waals surface area contributed by atoms with Crippen LogP contribution >= 0.6 is 0 Å². The molecule has 1 fully saturated rings. The summed E-state index contributed by atoms with van der Waals surface area (Å²) in [5.41, 5.74) is 4.77. The monoisotopic (exact) mass is 395 g/mol. The van der Waals surface area contributed by atoms with E-state index in [1.54, 1.807) is 6.92 Å². The van der Waals surface area contributed by atoms with E-state index in [4.69, 9.17) is 4.42 Å². The highest BCUT2D eigenvalue weighted by Gasteiger charge is 2.39. The molecule has 2 N–H and O–H groups in total. The fourth-order valence-corrected chi connectivity index (χ4v) is 4.58. The molecule has 0 radical (unpaired) electrons. The lowest BCUT2D eigenvalue weighted by Crippen LogP contribution is -2.51. The summed E-state index contributed by atoms with van der Waals surface area (Å²) in [6, 6.07) is 4.89. The summed E-state index contributed by atoms with van der Waals surface area (Å²) in [6.45, 7) is 1.76. The molecule has 1 atom stereocenters. The van der Waals surface area contributed by atoms with Gasteiger partial charge >= 0.3 is 0 Å². The number of rotatable bonds is 4. The molecule has 0 bridgehead atoms. The van der Waals surface area contributed by atoms with Crippen LogP contribution in [-0.4, -0.2) is 37.1 Å². The van der Waals surface area contributed by atoms with Crippen LogP contribution in [0.25, 0.3) is 0 Å². The number of sulfonamides is 1. The normalized spacial score (nSPS) is 17.6. The first-order valence-electron chi connectivity index (χ1n) is 8.22. The van der Waals surface area contributed by atoms with Crippen LogP contribution in [0.2, 0.25) is 0 Å². The van der Waals surface area contributed by atoms with Crippen molar-refractivity contribution in [2.75, 3.05) is 6.54 Å². The minimum absolute atomic E-state index is 0.0957. The highest BCUT2D eigenvalue weighted by atomic mass is 32.2. The average molecular weight is 395 g/mol. The van der Waals surface area contributed by atoms with Crippen LogP contribution in [-0.2, 0) is 14.8 Å². The smallest absolute Gasteiger partial charge is 0.273 e. The van der Waals surface area contributed by atoms with Gasteiger partial charge in [0.25, 0.3) is 11.8 Å². The fraction of sp³-hybridized carbons (Fsp3) is 0.294.